The first kappa shape index (κ1) is 14.1. The topological polar surface area (TPSA) is 40.5 Å². The normalized spacial score (nSPS) is 26.8. The molecule has 1 atom stereocenters. The number of piperidine rings is 1. The van der Waals surface area contributed by atoms with Gasteiger partial charge in [-0.2, -0.15) is 0 Å². The number of hydrogen-bond acceptors (Lipinski definition) is 3. The number of aliphatic hydroxyl groups is 1. The summed E-state index contributed by atoms with van der Waals surface area (Å²) in [5.74, 6) is 0.934. The highest BCUT2D eigenvalue weighted by molar-refractivity contribution is 7.10. The predicted octanol–water partition coefficient (Wildman–Crippen LogP) is 3.07. The molecule has 1 saturated heterocycles. The fraction of sp³-hybridized carbons (Fsp3) is 0.688. The van der Waals surface area contributed by atoms with E-state index in [1.165, 1.54) is 17.7 Å². The lowest BCUT2D eigenvalue weighted by atomic mass is 9.76. The molecule has 2 heterocycles. The van der Waals surface area contributed by atoms with Crippen LogP contribution in [0.15, 0.2) is 11.4 Å². The summed E-state index contributed by atoms with van der Waals surface area (Å²) in [6.07, 6.45) is 5.78. The summed E-state index contributed by atoms with van der Waals surface area (Å²) < 4.78 is 0. The highest BCUT2D eigenvalue weighted by Crippen LogP contribution is 2.44. The molecule has 3 rings (SSSR count). The Balaban J connectivity index is 1.71. The standard InChI is InChI=1S/C16H23NO2S/c1-12-7-14(9-20-12)15(19)17-6-2-5-16(10-17,11-18)8-13-3-4-13/h7,9,13,18H,2-6,8,10-11H2,1H3. The van der Waals surface area contributed by atoms with Gasteiger partial charge in [-0.15, -0.1) is 11.3 Å². The second-order valence-corrected chi connectivity index (χ2v) is 7.70. The zero-order valence-electron chi connectivity index (χ0n) is 12.1. The number of thiophene rings is 1. The van der Waals surface area contributed by atoms with Crippen LogP contribution >= 0.6 is 11.3 Å². The van der Waals surface area contributed by atoms with E-state index in [9.17, 15) is 9.90 Å². The van der Waals surface area contributed by atoms with Crippen LogP contribution in [0, 0.1) is 18.3 Å². The lowest BCUT2D eigenvalue weighted by Gasteiger charge is -2.42. The molecular formula is C16H23NO2S. The lowest BCUT2D eigenvalue weighted by Crippen LogP contribution is -2.48. The molecule has 110 valence electrons. The number of aryl methyl sites for hydroxylation is 1. The molecule has 0 radical (unpaired) electrons. The number of likely N-dealkylation sites (tertiary alicyclic amines) is 1. The van der Waals surface area contributed by atoms with Gasteiger partial charge >= 0.3 is 0 Å². The Morgan fingerprint density at radius 3 is 2.95 bits per heavy atom. The van der Waals surface area contributed by atoms with Crippen LogP contribution in [0.2, 0.25) is 0 Å². The third-order valence-electron chi connectivity index (χ3n) is 4.68. The smallest absolute Gasteiger partial charge is 0.254 e. The number of aliphatic hydroxyl groups excluding tert-OH is 1. The summed E-state index contributed by atoms with van der Waals surface area (Å²) in [4.78, 5) is 15.7. The molecule has 0 spiro atoms. The first-order chi connectivity index (χ1) is 9.62. The Kier molecular flexibility index (Phi) is 3.87. The van der Waals surface area contributed by atoms with E-state index in [2.05, 4.69) is 0 Å². The van der Waals surface area contributed by atoms with Crippen LogP contribution in [-0.2, 0) is 0 Å². The minimum atomic E-state index is -0.0415. The number of amides is 1. The summed E-state index contributed by atoms with van der Waals surface area (Å²) in [6, 6.07) is 1.98. The van der Waals surface area contributed by atoms with Crippen LogP contribution < -0.4 is 0 Å². The molecule has 2 aliphatic rings. The van der Waals surface area contributed by atoms with Crippen LogP contribution in [0.1, 0.15) is 47.3 Å². The second-order valence-electron chi connectivity index (χ2n) is 6.58. The molecule has 4 heteroatoms. The van der Waals surface area contributed by atoms with Crippen LogP contribution in [0.5, 0.6) is 0 Å². The Morgan fingerprint density at radius 2 is 2.35 bits per heavy atom. The number of rotatable bonds is 4. The van der Waals surface area contributed by atoms with Gasteiger partial charge in [0.25, 0.3) is 5.91 Å². The maximum Gasteiger partial charge on any atom is 0.254 e. The summed E-state index contributed by atoms with van der Waals surface area (Å²) in [5.41, 5.74) is 0.771. The van der Waals surface area contributed by atoms with Crippen molar-refractivity contribution in [2.45, 2.75) is 39.0 Å². The minimum Gasteiger partial charge on any atom is -0.396 e. The molecule has 1 aliphatic carbocycles. The largest absolute Gasteiger partial charge is 0.396 e. The summed E-state index contributed by atoms with van der Waals surface area (Å²) >= 11 is 1.63. The monoisotopic (exact) mass is 293 g/mol. The van der Waals surface area contributed by atoms with Crippen molar-refractivity contribution in [3.8, 4) is 0 Å². The molecule has 1 N–H and O–H groups in total. The number of carbonyl (C=O) groups excluding carboxylic acids is 1. The van der Waals surface area contributed by atoms with Crippen molar-refractivity contribution in [2.75, 3.05) is 19.7 Å². The van der Waals surface area contributed by atoms with Gasteiger partial charge in [-0.1, -0.05) is 12.8 Å². The van der Waals surface area contributed by atoms with Crippen LogP contribution in [0.4, 0.5) is 0 Å². The van der Waals surface area contributed by atoms with Crippen molar-refractivity contribution in [3.63, 3.8) is 0 Å². The van der Waals surface area contributed by atoms with Gasteiger partial charge in [0.05, 0.1) is 12.2 Å². The van der Waals surface area contributed by atoms with Gasteiger partial charge < -0.3 is 10.0 Å². The molecule has 1 aromatic heterocycles. The Hall–Kier alpha value is -0.870. The molecule has 0 bridgehead atoms. The zero-order valence-corrected chi connectivity index (χ0v) is 12.9. The molecule has 20 heavy (non-hydrogen) atoms. The highest BCUT2D eigenvalue weighted by atomic mass is 32.1. The van der Waals surface area contributed by atoms with Gasteiger partial charge in [0.1, 0.15) is 0 Å². The van der Waals surface area contributed by atoms with Gasteiger partial charge in [-0.3, -0.25) is 4.79 Å². The maximum atomic E-state index is 12.6. The molecule has 1 aromatic rings. The van der Waals surface area contributed by atoms with Crippen molar-refractivity contribution in [1.82, 2.24) is 4.90 Å². The third kappa shape index (κ3) is 2.91. The van der Waals surface area contributed by atoms with Crippen molar-refractivity contribution in [2.24, 2.45) is 11.3 Å². The zero-order chi connectivity index (χ0) is 14.2. The van der Waals surface area contributed by atoms with E-state index in [0.717, 1.165) is 43.8 Å². The third-order valence-corrected chi connectivity index (χ3v) is 5.54. The molecular weight excluding hydrogens is 270 g/mol. The predicted molar refractivity (Wildman–Crippen MR) is 81.1 cm³/mol. The van der Waals surface area contributed by atoms with E-state index >= 15 is 0 Å². The second kappa shape index (κ2) is 5.49. The molecule has 0 aromatic carbocycles. The van der Waals surface area contributed by atoms with Crippen molar-refractivity contribution in [3.05, 3.63) is 21.9 Å². The molecule has 1 amide bonds. The Labute approximate surface area is 124 Å². The SMILES string of the molecule is Cc1cc(C(=O)N2CCCC(CO)(CC3CC3)C2)cs1. The molecule has 1 unspecified atom stereocenters. The van der Waals surface area contributed by atoms with E-state index in [1.807, 2.05) is 23.3 Å². The van der Waals surface area contributed by atoms with Crippen molar-refractivity contribution < 1.29 is 9.90 Å². The number of carbonyl (C=O) groups is 1. The fourth-order valence-electron chi connectivity index (χ4n) is 3.41. The molecule has 1 aliphatic heterocycles. The van der Waals surface area contributed by atoms with E-state index in [-0.39, 0.29) is 17.9 Å². The fourth-order valence-corrected chi connectivity index (χ4v) is 4.09. The quantitative estimate of drug-likeness (QED) is 0.927. The van der Waals surface area contributed by atoms with Gasteiger partial charge in [0.2, 0.25) is 0 Å². The minimum absolute atomic E-state index is 0.0415. The Morgan fingerprint density at radius 1 is 1.55 bits per heavy atom. The van der Waals surface area contributed by atoms with Gasteiger partial charge in [-0.05, 0) is 38.2 Å². The van der Waals surface area contributed by atoms with Crippen LogP contribution in [0.25, 0.3) is 0 Å². The van der Waals surface area contributed by atoms with E-state index in [0.29, 0.717) is 0 Å². The number of hydrogen-bond donors (Lipinski definition) is 1. The molecule has 2 fully saturated rings. The van der Waals surface area contributed by atoms with Gasteiger partial charge in [0.15, 0.2) is 0 Å². The molecule has 3 nitrogen and oxygen atoms in total. The Bertz CT molecular complexity index is 494. The lowest BCUT2D eigenvalue weighted by molar-refractivity contribution is 0.0196. The summed E-state index contributed by atoms with van der Waals surface area (Å²) in [7, 11) is 0. The molecule has 1 saturated carbocycles. The van der Waals surface area contributed by atoms with Crippen LogP contribution in [-0.4, -0.2) is 35.6 Å². The maximum absolute atomic E-state index is 12.6. The first-order valence-corrected chi connectivity index (χ1v) is 8.45. The summed E-state index contributed by atoms with van der Waals surface area (Å²) in [5, 5.41) is 11.8. The highest BCUT2D eigenvalue weighted by Gasteiger charge is 2.41. The van der Waals surface area contributed by atoms with E-state index < -0.39 is 0 Å². The van der Waals surface area contributed by atoms with E-state index in [1.54, 1.807) is 11.3 Å². The number of nitrogens with zero attached hydrogens (tertiary/aromatic N) is 1. The van der Waals surface area contributed by atoms with Crippen LogP contribution in [0.3, 0.4) is 0 Å². The van der Waals surface area contributed by atoms with Crippen molar-refractivity contribution >= 4 is 17.2 Å². The van der Waals surface area contributed by atoms with E-state index in [4.69, 9.17) is 0 Å². The van der Waals surface area contributed by atoms with Gasteiger partial charge in [0, 0.05) is 28.8 Å². The summed E-state index contributed by atoms with van der Waals surface area (Å²) in [6.45, 7) is 3.81. The average molecular weight is 293 g/mol. The van der Waals surface area contributed by atoms with Gasteiger partial charge in [-0.25, -0.2) is 0 Å². The van der Waals surface area contributed by atoms with Crippen molar-refractivity contribution in [1.29, 1.82) is 0 Å². The average Bonchev–Trinajstić information content (AvgIpc) is 3.16. The first-order valence-electron chi connectivity index (χ1n) is 7.57.